The van der Waals surface area contributed by atoms with Gasteiger partial charge in [0, 0.05) is 11.9 Å². The zero-order valence-electron chi connectivity index (χ0n) is 6.68. The summed E-state index contributed by atoms with van der Waals surface area (Å²) in [5.41, 5.74) is 1.47. The third-order valence-corrected chi connectivity index (χ3v) is 1.45. The minimum absolute atomic E-state index is 0.258. The van der Waals surface area contributed by atoms with Crippen LogP contribution in [-0.2, 0) is 4.74 Å². The fraction of sp³-hybridized carbons (Fsp3) is 0.375. The van der Waals surface area contributed by atoms with Gasteiger partial charge in [-0.25, -0.2) is 4.79 Å². The van der Waals surface area contributed by atoms with Crippen LogP contribution in [0.4, 0.5) is 0 Å². The van der Waals surface area contributed by atoms with Crippen molar-refractivity contribution >= 4 is 5.97 Å². The molecule has 0 aliphatic heterocycles. The van der Waals surface area contributed by atoms with Gasteiger partial charge < -0.3 is 9.72 Å². The van der Waals surface area contributed by atoms with E-state index in [0.717, 1.165) is 5.69 Å². The number of aryl methyl sites for hydroxylation is 1. The Morgan fingerprint density at radius 2 is 2.45 bits per heavy atom. The van der Waals surface area contributed by atoms with E-state index >= 15 is 0 Å². The first kappa shape index (κ1) is 7.85. The first-order chi connectivity index (χ1) is 5.25. The highest BCUT2D eigenvalue weighted by molar-refractivity contribution is 5.90. The molecule has 0 atom stereocenters. The van der Waals surface area contributed by atoms with Gasteiger partial charge in [-0.15, -0.1) is 0 Å². The highest BCUT2D eigenvalue weighted by Crippen LogP contribution is 2.05. The average Bonchev–Trinajstić information content (AvgIpc) is 2.36. The Bertz CT molecular complexity index is 252. The number of carbonyl (C=O) groups excluding carboxylic acids is 1. The second-order valence-corrected chi connectivity index (χ2v) is 2.24. The quantitative estimate of drug-likeness (QED) is 0.523. The molecule has 1 rings (SSSR count). The molecule has 3 heteroatoms. The van der Waals surface area contributed by atoms with Crippen molar-refractivity contribution in [2.45, 2.75) is 13.8 Å². The van der Waals surface area contributed by atoms with E-state index in [0.29, 0.717) is 12.2 Å². The molecule has 60 valence electrons. The molecular formula is C8H11NO2. The van der Waals surface area contributed by atoms with Crippen LogP contribution in [0.5, 0.6) is 0 Å². The van der Waals surface area contributed by atoms with Crippen LogP contribution in [0, 0.1) is 6.92 Å². The van der Waals surface area contributed by atoms with E-state index in [1.165, 1.54) is 0 Å². The van der Waals surface area contributed by atoms with Crippen molar-refractivity contribution in [2.75, 3.05) is 6.61 Å². The van der Waals surface area contributed by atoms with Crippen molar-refractivity contribution in [1.82, 2.24) is 4.98 Å². The highest BCUT2D eigenvalue weighted by Gasteiger charge is 2.08. The van der Waals surface area contributed by atoms with Gasteiger partial charge >= 0.3 is 5.97 Å². The lowest BCUT2D eigenvalue weighted by Crippen LogP contribution is -2.04. The Kier molecular flexibility index (Phi) is 2.31. The lowest BCUT2D eigenvalue weighted by atomic mass is 10.8. The first-order valence-electron chi connectivity index (χ1n) is 3.56. The van der Waals surface area contributed by atoms with Gasteiger partial charge in [0.05, 0.1) is 12.2 Å². The first-order valence-corrected chi connectivity index (χ1v) is 3.56. The Morgan fingerprint density at radius 3 is 2.91 bits per heavy atom. The second-order valence-electron chi connectivity index (χ2n) is 2.24. The van der Waals surface area contributed by atoms with Crippen molar-refractivity contribution in [1.29, 1.82) is 0 Å². The zero-order chi connectivity index (χ0) is 8.27. The summed E-state index contributed by atoms with van der Waals surface area (Å²) in [4.78, 5) is 14.0. The second kappa shape index (κ2) is 3.23. The number of hydrogen-bond donors (Lipinski definition) is 1. The van der Waals surface area contributed by atoms with E-state index in [-0.39, 0.29) is 5.97 Å². The van der Waals surface area contributed by atoms with Crippen molar-refractivity contribution < 1.29 is 9.53 Å². The fourth-order valence-electron chi connectivity index (χ4n) is 0.883. The van der Waals surface area contributed by atoms with Gasteiger partial charge in [-0.2, -0.15) is 0 Å². The number of rotatable bonds is 2. The molecular weight excluding hydrogens is 147 g/mol. The number of aromatic nitrogens is 1. The van der Waals surface area contributed by atoms with Gasteiger partial charge in [-0.1, -0.05) is 0 Å². The van der Waals surface area contributed by atoms with Gasteiger partial charge in [-0.05, 0) is 19.9 Å². The Morgan fingerprint density at radius 1 is 1.73 bits per heavy atom. The number of esters is 1. The zero-order valence-corrected chi connectivity index (χ0v) is 6.68. The maximum absolute atomic E-state index is 11.1. The summed E-state index contributed by atoms with van der Waals surface area (Å²) in [5.74, 6) is -0.258. The molecule has 0 aliphatic carbocycles. The van der Waals surface area contributed by atoms with Crippen molar-refractivity contribution in [3.63, 3.8) is 0 Å². The lowest BCUT2D eigenvalue weighted by molar-refractivity contribution is 0.0526. The predicted octanol–water partition coefficient (Wildman–Crippen LogP) is 1.50. The normalized spacial score (nSPS) is 9.64. The Balaban J connectivity index is 2.76. The molecule has 0 unspecified atom stereocenters. The molecule has 11 heavy (non-hydrogen) atoms. The smallest absolute Gasteiger partial charge is 0.339 e. The Hall–Kier alpha value is -1.25. The van der Waals surface area contributed by atoms with E-state index in [1.807, 2.05) is 6.92 Å². The number of nitrogens with one attached hydrogen (secondary N) is 1. The number of hydrogen-bond acceptors (Lipinski definition) is 2. The summed E-state index contributed by atoms with van der Waals surface area (Å²) in [7, 11) is 0. The van der Waals surface area contributed by atoms with Gasteiger partial charge in [0.15, 0.2) is 0 Å². The molecule has 1 N–H and O–H groups in total. The van der Waals surface area contributed by atoms with Crippen LogP contribution in [0.2, 0.25) is 0 Å². The van der Waals surface area contributed by atoms with E-state index < -0.39 is 0 Å². The molecule has 0 aliphatic rings. The minimum Gasteiger partial charge on any atom is -0.462 e. The van der Waals surface area contributed by atoms with Crippen LogP contribution in [0.15, 0.2) is 12.3 Å². The van der Waals surface area contributed by atoms with Crippen LogP contribution in [0.1, 0.15) is 23.0 Å². The third-order valence-electron chi connectivity index (χ3n) is 1.45. The largest absolute Gasteiger partial charge is 0.462 e. The van der Waals surface area contributed by atoms with Gasteiger partial charge in [0.25, 0.3) is 0 Å². The standard InChI is InChI=1S/C8H11NO2/c1-3-11-8(10)7-4-5-9-6(7)2/h4-5,9H,3H2,1-2H3/i2+1,6+1,7+1,8+1,9+1. The molecule has 0 saturated carbocycles. The van der Waals surface area contributed by atoms with Crippen LogP contribution in [0.3, 0.4) is 0 Å². The SMILES string of the molecule is CCO[13C](=O)[13c]1cc[15nH][13c]1[13CH3]. The number of H-pyrrole nitrogens is 1. The van der Waals surface area contributed by atoms with Crippen LogP contribution < -0.4 is 0 Å². The van der Waals surface area contributed by atoms with Crippen LogP contribution >= 0.6 is 0 Å². The van der Waals surface area contributed by atoms with Crippen molar-refractivity contribution in [3.8, 4) is 0 Å². The summed E-state index contributed by atoms with van der Waals surface area (Å²) < 4.78 is 4.81. The van der Waals surface area contributed by atoms with Crippen LogP contribution in [0.25, 0.3) is 0 Å². The monoisotopic (exact) mass is 158 g/mol. The average molecular weight is 158 g/mol. The summed E-state index contributed by atoms with van der Waals surface area (Å²) in [6.45, 7) is 4.05. The molecule has 1 aromatic rings. The van der Waals surface area contributed by atoms with E-state index in [9.17, 15) is 4.79 Å². The molecule has 0 saturated heterocycles. The highest BCUT2D eigenvalue weighted by atomic mass is 16.6. The predicted molar refractivity (Wildman–Crippen MR) is 41.5 cm³/mol. The summed E-state index contributed by atoms with van der Waals surface area (Å²) in [5, 5.41) is 0. The fourth-order valence-corrected chi connectivity index (χ4v) is 0.883. The summed E-state index contributed by atoms with van der Waals surface area (Å²) in [6, 6.07) is 1.72. The molecule has 1 aromatic heterocycles. The number of carbonyl (C=O) groups is 1. The molecule has 0 spiro atoms. The minimum atomic E-state index is -0.258. The van der Waals surface area contributed by atoms with E-state index in [2.05, 4.69) is 4.98 Å². The summed E-state index contributed by atoms with van der Waals surface area (Å²) in [6.07, 6.45) is 1.72. The van der Waals surface area contributed by atoms with Crippen molar-refractivity contribution in [3.05, 3.63) is 23.5 Å². The van der Waals surface area contributed by atoms with Gasteiger partial charge in [-0.3, -0.25) is 0 Å². The lowest BCUT2D eigenvalue weighted by Gasteiger charge is -1.98. The van der Waals surface area contributed by atoms with Gasteiger partial charge in [0.2, 0.25) is 0 Å². The van der Waals surface area contributed by atoms with E-state index in [4.69, 9.17) is 4.74 Å². The van der Waals surface area contributed by atoms with E-state index in [1.54, 1.807) is 19.2 Å². The molecule has 0 radical (unpaired) electrons. The molecule has 0 bridgehead atoms. The molecule has 1 heterocycles. The topological polar surface area (TPSA) is 42.1 Å². The maximum Gasteiger partial charge on any atom is 0.339 e. The number of aromatic amines is 1. The van der Waals surface area contributed by atoms with Crippen LogP contribution in [-0.4, -0.2) is 17.6 Å². The molecule has 3 nitrogen and oxygen atoms in total. The maximum atomic E-state index is 11.1. The summed E-state index contributed by atoms with van der Waals surface area (Å²) >= 11 is 0. The number of ether oxygens (including phenoxy) is 1. The molecule has 0 fully saturated rings. The van der Waals surface area contributed by atoms with Crippen molar-refractivity contribution in [2.24, 2.45) is 0 Å². The van der Waals surface area contributed by atoms with Gasteiger partial charge in [0.1, 0.15) is 0 Å². The Labute approximate surface area is 65.4 Å². The molecule has 0 amide bonds. The third kappa shape index (κ3) is 1.61. The molecule has 0 aromatic carbocycles.